The molecule has 3 rings (SSSR count). The number of nitrogens with one attached hydrogen (secondary N) is 1. The van der Waals surface area contributed by atoms with Crippen molar-refractivity contribution in [3.63, 3.8) is 0 Å². The van der Waals surface area contributed by atoms with Crippen LogP contribution in [0.4, 0.5) is 5.69 Å². The van der Waals surface area contributed by atoms with Crippen LogP contribution in [-0.4, -0.2) is 30.0 Å². The summed E-state index contributed by atoms with van der Waals surface area (Å²) in [5.41, 5.74) is 0.953. The highest BCUT2D eigenvalue weighted by Crippen LogP contribution is 2.20. The fourth-order valence-corrected chi connectivity index (χ4v) is 2.48. The lowest BCUT2D eigenvalue weighted by molar-refractivity contribution is -0.131. The molecule has 0 saturated carbocycles. The highest BCUT2D eigenvalue weighted by atomic mass is 16.5. The summed E-state index contributed by atoms with van der Waals surface area (Å²) in [6.45, 7) is 1.06. The van der Waals surface area contributed by atoms with E-state index in [9.17, 15) is 9.59 Å². The van der Waals surface area contributed by atoms with Gasteiger partial charge in [-0.05, 0) is 47.2 Å². The van der Waals surface area contributed by atoms with Gasteiger partial charge in [0.2, 0.25) is 0 Å². The lowest BCUT2D eigenvalue weighted by atomic mass is 10.1. The van der Waals surface area contributed by atoms with Crippen molar-refractivity contribution in [1.82, 2.24) is 0 Å². The van der Waals surface area contributed by atoms with Crippen LogP contribution in [0.3, 0.4) is 0 Å². The van der Waals surface area contributed by atoms with Gasteiger partial charge in [-0.2, -0.15) is 0 Å². The zero-order valence-corrected chi connectivity index (χ0v) is 13.4. The highest BCUT2D eigenvalue weighted by Gasteiger charge is 2.13. The number of carbonyl (C=O) groups excluding carboxylic acids is 1. The van der Waals surface area contributed by atoms with E-state index in [0.29, 0.717) is 13.2 Å². The van der Waals surface area contributed by atoms with Gasteiger partial charge in [0.05, 0.1) is 0 Å². The number of hydrogen-bond donors (Lipinski definition) is 2. The Kier molecular flexibility index (Phi) is 4.95. The van der Waals surface area contributed by atoms with E-state index in [-0.39, 0.29) is 5.56 Å². The number of carboxylic acid groups (broad SMARTS) is 1. The van der Waals surface area contributed by atoms with E-state index in [2.05, 4.69) is 11.4 Å². The Morgan fingerprint density at radius 2 is 1.64 bits per heavy atom. The van der Waals surface area contributed by atoms with Crippen molar-refractivity contribution >= 4 is 28.2 Å². The fourth-order valence-electron chi connectivity index (χ4n) is 2.48. The maximum atomic E-state index is 11.3. The first-order valence-corrected chi connectivity index (χ1v) is 7.86. The molecule has 5 nitrogen and oxygen atoms in total. The lowest BCUT2D eigenvalue weighted by Crippen LogP contribution is -2.13. The Balaban J connectivity index is 1.50. The minimum atomic E-state index is -1.45. The van der Waals surface area contributed by atoms with Crippen LogP contribution >= 0.6 is 0 Å². The number of rotatable bonds is 7. The fraction of sp³-hybridized carbons (Fsp3) is 0.100. The Labute approximate surface area is 144 Å². The molecule has 0 atom stereocenters. The number of benzene rings is 3. The van der Waals surface area contributed by atoms with Gasteiger partial charge >= 0.3 is 5.97 Å². The van der Waals surface area contributed by atoms with Crippen molar-refractivity contribution in [3.8, 4) is 5.75 Å². The van der Waals surface area contributed by atoms with E-state index in [0.717, 1.165) is 16.8 Å². The molecule has 2 N–H and O–H groups in total. The summed E-state index contributed by atoms with van der Waals surface area (Å²) in [6, 6.07) is 20.4. The number of Topliss-reactive ketones (excluding diaryl/α,β-unsaturated/α-hetero) is 1. The van der Waals surface area contributed by atoms with Gasteiger partial charge in [-0.1, -0.05) is 30.3 Å². The monoisotopic (exact) mass is 335 g/mol. The Morgan fingerprint density at radius 1 is 0.920 bits per heavy atom. The van der Waals surface area contributed by atoms with Gasteiger partial charge in [0.15, 0.2) is 0 Å². The van der Waals surface area contributed by atoms with Crippen molar-refractivity contribution in [2.24, 2.45) is 0 Å². The van der Waals surface area contributed by atoms with Crippen LogP contribution < -0.4 is 10.1 Å². The smallest absolute Gasteiger partial charge is 0.377 e. The molecule has 0 unspecified atom stereocenters. The second kappa shape index (κ2) is 7.49. The summed E-state index contributed by atoms with van der Waals surface area (Å²) in [5, 5.41) is 14.1. The predicted molar refractivity (Wildman–Crippen MR) is 96.3 cm³/mol. The van der Waals surface area contributed by atoms with Crippen LogP contribution in [0.2, 0.25) is 0 Å². The van der Waals surface area contributed by atoms with Gasteiger partial charge in [0.25, 0.3) is 5.78 Å². The molecule has 0 amide bonds. The average molecular weight is 335 g/mol. The Bertz CT molecular complexity index is 903. The molecule has 0 bridgehead atoms. The molecule has 3 aromatic carbocycles. The van der Waals surface area contributed by atoms with Crippen LogP contribution in [0.5, 0.6) is 5.75 Å². The van der Waals surface area contributed by atoms with Crippen molar-refractivity contribution in [2.75, 3.05) is 18.5 Å². The van der Waals surface area contributed by atoms with E-state index >= 15 is 0 Å². The molecule has 0 heterocycles. The predicted octanol–water partition coefficient (Wildman–Crippen LogP) is 3.60. The molecular formula is C20H17NO4. The average Bonchev–Trinajstić information content (AvgIpc) is 2.65. The van der Waals surface area contributed by atoms with Crippen molar-refractivity contribution in [2.45, 2.75) is 0 Å². The van der Waals surface area contributed by atoms with Crippen LogP contribution in [0.25, 0.3) is 10.8 Å². The van der Waals surface area contributed by atoms with Crippen molar-refractivity contribution < 1.29 is 19.4 Å². The van der Waals surface area contributed by atoms with Crippen LogP contribution in [0, 0.1) is 0 Å². The first-order chi connectivity index (χ1) is 12.1. The SMILES string of the molecule is O=C(O)C(=O)c1ccc(NCCOc2ccc3ccccc3c2)cc1. The van der Waals surface area contributed by atoms with Crippen LogP contribution in [0.15, 0.2) is 66.7 Å². The maximum Gasteiger partial charge on any atom is 0.377 e. The lowest BCUT2D eigenvalue weighted by Gasteiger charge is -2.09. The molecule has 0 aliphatic carbocycles. The molecule has 0 radical (unpaired) electrons. The number of ketones is 1. The zero-order chi connectivity index (χ0) is 17.6. The van der Waals surface area contributed by atoms with E-state index in [1.165, 1.54) is 17.5 Å². The minimum absolute atomic E-state index is 0.158. The minimum Gasteiger partial charge on any atom is -0.492 e. The Morgan fingerprint density at radius 3 is 2.36 bits per heavy atom. The molecule has 0 aromatic heterocycles. The molecule has 0 aliphatic rings. The summed E-state index contributed by atoms with van der Waals surface area (Å²) in [6.07, 6.45) is 0. The molecule has 0 aliphatic heterocycles. The normalized spacial score (nSPS) is 10.4. The Hall–Kier alpha value is -3.34. The first-order valence-electron chi connectivity index (χ1n) is 7.86. The van der Waals surface area contributed by atoms with E-state index in [1.807, 2.05) is 36.4 Å². The molecule has 0 fully saturated rings. The molecule has 126 valence electrons. The van der Waals surface area contributed by atoms with Crippen molar-refractivity contribution in [1.29, 1.82) is 0 Å². The maximum absolute atomic E-state index is 11.3. The quantitative estimate of drug-likeness (QED) is 0.392. The van der Waals surface area contributed by atoms with Gasteiger partial charge in [-0.25, -0.2) is 4.79 Å². The second-order valence-electron chi connectivity index (χ2n) is 5.50. The number of fused-ring (bicyclic) bond motifs is 1. The van der Waals surface area contributed by atoms with Gasteiger partial charge in [-0.3, -0.25) is 4.79 Å². The number of carboxylic acids is 1. The highest BCUT2D eigenvalue weighted by molar-refractivity contribution is 6.39. The number of anilines is 1. The molecule has 25 heavy (non-hydrogen) atoms. The summed E-state index contributed by atoms with van der Waals surface area (Å²) in [5.74, 6) is -1.56. The number of ether oxygens (including phenoxy) is 1. The first kappa shape index (κ1) is 16.5. The van der Waals surface area contributed by atoms with E-state index in [4.69, 9.17) is 9.84 Å². The number of aliphatic carboxylic acids is 1. The summed E-state index contributed by atoms with van der Waals surface area (Å²) in [7, 11) is 0. The summed E-state index contributed by atoms with van der Waals surface area (Å²) >= 11 is 0. The van der Waals surface area contributed by atoms with Crippen molar-refractivity contribution in [3.05, 3.63) is 72.3 Å². The largest absolute Gasteiger partial charge is 0.492 e. The third-order valence-electron chi connectivity index (χ3n) is 3.76. The van der Waals surface area contributed by atoms with E-state index < -0.39 is 11.8 Å². The van der Waals surface area contributed by atoms with Gasteiger partial charge in [-0.15, -0.1) is 0 Å². The summed E-state index contributed by atoms with van der Waals surface area (Å²) in [4.78, 5) is 22.0. The molecule has 0 saturated heterocycles. The van der Waals surface area contributed by atoms with Crippen LogP contribution in [-0.2, 0) is 4.79 Å². The second-order valence-corrected chi connectivity index (χ2v) is 5.50. The standard InChI is InChI=1S/C20H17NO4/c22-19(20(23)24)15-5-8-17(9-6-15)21-11-12-25-18-10-7-14-3-1-2-4-16(14)13-18/h1-10,13,21H,11-12H2,(H,23,24). The third-order valence-corrected chi connectivity index (χ3v) is 3.76. The van der Waals surface area contributed by atoms with Gasteiger partial charge in [0.1, 0.15) is 12.4 Å². The zero-order valence-electron chi connectivity index (χ0n) is 13.4. The molecule has 3 aromatic rings. The summed E-state index contributed by atoms with van der Waals surface area (Å²) < 4.78 is 5.73. The van der Waals surface area contributed by atoms with Gasteiger partial charge < -0.3 is 15.2 Å². The van der Waals surface area contributed by atoms with Gasteiger partial charge in [0, 0.05) is 17.8 Å². The molecule has 0 spiro atoms. The van der Waals surface area contributed by atoms with Crippen LogP contribution in [0.1, 0.15) is 10.4 Å². The number of hydrogen-bond acceptors (Lipinski definition) is 4. The molecular weight excluding hydrogens is 318 g/mol. The topological polar surface area (TPSA) is 75.6 Å². The third kappa shape index (κ3) is 4.14. The molecule has 5 heteroatoms. The number of carbonyl (C=O) groups is 2. The van der Waals surface area contributed by atoms with E-state index in [1.54, 1.807) is 12.1 Å².